The number of benzene rings is 2. The lowest BCUT2D eigenvalue weighted by molar-refractivity contribution is 0.0343. The average Bonchev–Trinajstić information content (AvgIpc) is 2.96. The largest absolute Gasteiger partial charge is 0.379 e. The van der Waals surface area contributed by atoms with Crippen LogP contribution in [0.4, 0.5) is 5.82 Å². The van der Waals surface area contributed by atoms with Gasteiger partial charge in [-0.2, -0.15) is 0 Å². The SMILES string of the molecule is C[C@H](Nc1ncnc2[nH]ccc(=O)c12)c1c(Cl)c2cccc(CN3CCOCC3)c2c(=O)n1-c1ccccc1. The van der Waals surface area contributed by atoms with E-state index in [-0.39, 0.29) is 11.0 Å². The molecule has 2 aromatic carbocycles. The van der Waals surface area contributed by atoms with Crippen molar-refractivity contribution in [3.05, 3.63) is 104 Å². The zero-order chi connectivity index (χ0) is 26.9. The van der Waals surface area contributed by atoms with Gasteiger partial charge in [-0.05, 0) is 24.6 Å². The number of halogens is 1. The third-order valence-electron chi connectivity index (χ3n) is 7.09. The third kappa shape index (κ3) is 4.69. The number of pyridine rings is 2. The van der Waals surface area contributed by atoms with Crippen molar-refractivity contribution >= 4 is 39.2 Å². The van der Waals surface area contributed by atoms with E-state index in [4.69, 9.17) is 16.3 Å². The molecule has 0 bridgehead atoms. The predicted octanol–water partition coefficient (Wildman–Crippen LogP) is 4.28. The van der Waals surface area contributed by atoms with Gasteiger partial charge in [-0.25, -0.2) is 9.97 Å². The van der Waals surface area contributed by atoms with Crippen molar-refractivity contribution in [1.29, 1.82) is 0 Å². The molecule has 0 spiro atoms. The zero-order valence-electron chi connectivity index (χ0n) is 21.4. The first-order valence-corrected chi connectivity index (χ1v) is 13.2. The average molecular weight is 543 g/mol. The molecule has 0 saturated carbocycles. The normalized spacial score (nSPS) is 15.0. The molecule has 198 valence electrons. The summed E-state index contributed by atoms with van der Waals surface area (Å²) in [5, 5.41) is 5.41. The molecule has 10 heteroatoms. The minimum absolute atomic E-state index is 0.154. The van der Waals surface area contributed by atoms with E-state index in [2.05, 4.69) is 25.2 Å². The Bertz CT molecular complexity index is 1780. The molecular weight excluding hydrogens is 516 g/mol. The van der Waals surface area contributed by atoms with Crippen LogP contribution >= 0.6 is 11.6 Å². The molecular formula is C29H27ClN6O3. The smallest absolute Gasteiger partial charge is 0.263 e. The highest BCUT2D eigenvalue weighted by atomic mass is 35.5. The highest BCUT2D eigenvalue weighted by molar-refractivity contribution is 6.36. The van der Waals surface area contributed by atoms with Crippen LogP contribution in [0.2, 0.25) is 5.02 Å². The molecule has 5 aromatic rings. The van der Waals surface area contributed by atoms with Gasteiger partial charge in [0.15, 0.2) is 5.43 Å². The fourth-order valence-electron chi connectivity index (χ4n) is 5.23. The van der Waals surface area contributed by atoms with E-state index in [0.29, 0.717) is 63.8 Å². The van der Waals surface area contributed by atoms with E-state index in [1.165, 1.54) is 12.4 Å². The number of ether oxygens (including phenoxy) is 1. The Balaban J connectivity index is 1.54. The summed E-state index contributed by atoms with van der Waals surface area (Å²) >= 11 is 7.16. The molecule has 0 unspecified atom stereocenters. The standard InChI is InChI=1S/C29H27ClN6O3/c1-18(34-28-24-22(37)10-11-31-27(24)32-17-33-28)26-25(30)21-9-5-6-19(16-35-12-14-39-15-13-35)23(21)29(38)36(26)20-7-3-2-4-8-20/h2-11,17-18H,12-16H2,1H3,(H2,31,32,33,34,37)/t18-/m0/s1. The van der Waals surface area contributed by atoms with Crippen molar-refractivity contribution in [2.24, 2.45) is 0 Å². The lowest BCUT2D eigenvalue weighted by Gasteiger charge is -2.28. The van der Waals surface area contributed by atoms with Crippen LogP contribution in [0.25, 0.3) is 27.5 Å². The topological polar surface area (TPSA) is 105 Å². The highest BCUT2D eigenvalue weighted by Gasteiger charge is 2.24. The summed E-state index contributed by atoms with van der Waals surface area (Å²) < 4.78 is 7.17. The van der Waals surface area contributed by atoms with Crippen LogP contribution in [0, 0.1) is 0 Å². The van der Waals surface area contributed by atoms with Crippen LogP contribution < -0.4 is 16.3 Å². The quantitative estimate of drug-likeness (QED) is 0.330. The Labute approximate surface area is 229 Å². The number of nitrogens with zero attached hydrogens (tertiary/aromatic N) is 4. The Kier molecular flexibility index (Phi) is 6.86. The van der Waals surface area contributed by atoms with Crippen LogP contribution in [0.15, 0.2) is 76.7 Å². The minimum atomic E-state index is -0.490. The lowest BCUT2D eigenvalue weighted by atomic mass is 10.0. The fraction of sp³-hybridized carbons (Fsp3) is 0.241. The summed E-state index contributed by atoms with van der Waals surface area (Å²) in [6, 6.07) is 16.2. The minimum Gasteiger partial charge on any atom is -0.379 e. The summed E-state index contributed by atoms with van der Waals surface area (Å²) in [6.07, 6.45) is 2.93. The second kappa shape index (κ2) is 10.6. The van der Waals surface area contributed by atoms with Gasteiger partial charge in [-0.3, -0.25) is 19.1 Å². The first-order valence-electron chi connectivity index (χ1n) is 12.8. The number of fused-ring (bicyclic) bond motifs is 2. The van der Waals surface area contributed by atoms with Crippen LogP contribution in [0.5, 0.6) is 0 Å². The number of H-pyrrole nitrogens is 1. The van der Waals surface area contributed by atoms with Gasteiger partial charge in [-0.1, -0.05) is 48.0 Å². The second-order valence-electron chi connectivity index (χ2n) is 9.56. The molecule has 1 atom stereocenters. The lowest BCUT2D eigenvalue weighted by Crippen LogP contribution is -2.36. The molecule has 0 radical (unpaired) electrons. The Morgan fingerprint density at radius 3 is 2.62 bits per heavy atom. The maximum absolute atomic E-state index is 14.3. The Morgan fingerprint density at radius 1 is 1.03 bits per heavy atom. The summed E-state index contributed by atoms with van der Waals surface area (Å²) in [6.45, 7) is 5.49. The van der Waals surface area contributed by atoms with Crippen molar-refractivity contribution < 1.29 is 4.74 Å². The number of para-hydroxylation sites is 1. The van der Waals surface area contributed by atoms with Crippen molar-refractivity contribution in [3.8, 4) is 5.69 Å². The first kappa shape index (κ1) is 25.2. The Morgan fingerprint density at radius 2 is 1.82 bits per heavy atom. The van der Waals surface area contributed by atoms with Crippen LogP contribution in [0.3, 0.4) is 0 Å². The van der Waals surface area contributed by atoms with E-state index in [9.17, 15) is 9.59 Å². The number of hydrogen-bond donors (Lipinski definition) is 2. The van der Waals surface area contributed by atoms with Crippen molar-refractivity contribution in [2.45, 2.75) is 19.5 Å². The van der Waals surface area contributed by atoms with E-state index >= 15 is 0 Å². The first-order chi connectivity index (χ1) is 19.0. The van der Waals surface area contributed by atoms with Crippen LogP contribution in [-0.4, -0.2) is 50.7 Å². The number of morpholine rings is 1. The molecule has 2 N–H and O–H groups in total. The predicted molar refractivity (Wildman–Crippen MR) is 153 cm³/mol. The second-order valence-corrected chi connectivity index (χ2v) is 9.94. The summed E-state index contributed by atoms with van der Waals surface area (Å²) in [4.78, 5) is 40.8. The fourth-order valence-corrected chi connectivity index (χ4v) is 5.64. The maximum atomic E-state index is 14.3. The van der Waals surface area contributed by atoms with Gasteiger partial charge in [0, 0.05) is 43.0 Å². The molecule has 9 nitrogen and oxygen atoms in total. The molecule has 4 heterocycles. The summed E-state index contributed by atoms with van der Waals surface area (Å²) in [5.41, 5.74) is 2.25. The van der Waals surface area contributed by atoms with Gasteiger partial charge in [-0.15, -0.1) is 0 Å². The highest BCUT2D eigenvalue weighted by Crippen LogP contribution is 2.34. The van der Waals surface area contributed by atoms with Crippen LogP contribution in [-0.2, 0) is 11.3 Å². The number of rotatable bonds is 6. The van der Waals surface area contributed by atoms with E-state index in [1.54, 1.807) is 10.8 Å². The summed E-state index contributed by atoms with van der Waals surface area (Å²) in [7, 11) is 0. The molecule has 1 fully saturated rings. The van der Waals surface area contributed by atoms with E-state index < -0.39 is 6.04 Å². The molecule has 3 aromatic heterocycles. The Hall–Kier alpha value is -4.05. The molecule has 0 amide bonds. The van der Waals surface area contributed by atoms with Gasteiger partial charge in [0.05, 0.1) is 35.4 Å². The molecule has 1 aliphatic rings. The molecule has 1 saturated heterocycles. The van der Waals surface area contributed by atoms with Gasteiger partial charge in [0.1, 0.15) is 23.2 Å². The van der Waals surface area contributed by atoms with Gasteiger partial charge in [0.2, 0.25) is 0 Å². The van der Waals surface area contributed by atoms with Crippen LogP contribution in [0.1, 0.15) is 24.2 Å². The third-order valence-corrected chi connectivity index (χ3v) is 7.49. The van der Waals surface area contributed by atoms with Crippen molar-refractivity contribution in [3.63, 3.8) is 0 Å². The zero-order valence-corrected chi connectivity index (χ0v) is 22.1. The number of hydrogen-bond acceptors (Lipinski definition) is 7. The van der Waals surface area contributed by atoms with Gasteiger partial charge >= 0.3 is 0 Å². The number of anilines is 1. The number of nitrogens with one attached hydrogen (secondary N) is 2. The van der Waals surface area contributed by atoms with E-state index in [1.807, 2.05) is 55.5 Å². The number of aromatic amines is 1. The van der Waals surface area contributed by atoms with Crippen molar-refractivity contribution in [2.75, 3.05) is 31.6 Å². The molecule has 6 rings (SSSR count). The van der Waals surface area contributed by atoms with Crippen molar-refractivity contribution in [1.82, 2.24) is 24.4 Å². The van der Waals surface area contributed by atoms with Gasteiger partial charge < -0.3 is 15.0 Å². The summed E-state index contributed by atoms with van der Waals surface area (Å²) in [5.74, 6) is 0.360. The monoisotopic (exact) mass is 542 g/mol. The van der Waals surface area contributed by atoms with Gasteiger partial charge in [0.25, 0.3) is 5.56 Å². The number of aromatic nitrogens is 4. The molecule has 1 aliphatic heterocycles. The maximum Gasteiger partial charge on any atom is 0.263 e. The molecule has 0 aliphatic carbocycles. The molecule has 39 heavy (non-hydrogen) atoms. The van der Waals surface area contributed by atoms with E-state index in [0.717, 1.165) is 18.7 Å².